The van der Waals surface area contributed by atoms with Crippen LogP contribution in [0.2, 0.25) is 0 Å². The number of aromatic hydroxyl groups is 1. The van der Waals surface area contributed by atoms with E-state index in [0.717, 1.165) is 0 Å². The van der Waals surface area contributed by atoms with Crippen molar-refractivity contribution >= 4 is 5.78 Å². The van der Waals surface area contributed by atoms with E-state index in [1.165, 1.54) is 26.4 Å². The highest BCUT2D eigenvalue weighted by atomic mass is 16.5. The molecule has 116 valence electrons. The van der Waals surface area contributed by atoms with Crippen molar-refractivity contribution in [2.75, 3.05) is 20.8 Å². The van der Waals surface area contributed by atoms with E-state index < -0.39 is 11.7 Å². The Morgan fingerprint density at radius 3 is 2.36 bits per heavy atom. The van der Waals surface area contributed by atoms with E-state index in [9.17, 15) is 15.0 Å². The molecule has 0 radical (unpaired) electrons. The average molecular weight is 302 g/mol. The van der Waals surface area contributed by atoms with E-state index in [0.29, 0.717) is 11.3 Å². The number of aliphatic hydroxyl groups is 1. The number of ether oxygens (including phenoxy) is 2. The van der Waals surface area contributed by atoms with Gasteiger partial charge in [0.25, 0.3) is 0 Å². The Kier molecular flexibility index (Phi) is 5.01. The zero-order valence-electron chi connectivity index (χ0n) is 12.4. The summed E-state index contributed by atoms with van der Waals surface area (Å²) in [5.41, 5.74) is 0.707. The number of rotatable bonds is 6. The van der Waals surface area contributed by atoms with Crippen molar-refractivity contribution in [3.63, 3.8) is 0 Å². The molecule has 0 heterocycles. The monoisotopic (exact) mass is 302 g/mol. The first-order valence-corrected chi connectivity index (χ1v) is 6.77. The first-order valence-electron chi connectivity index (χ1n) is 6.77. The minimum Gasteiger partial charge on any atom is -0.507 e. The molecular formula is C17H18O5. The van der Waals surface area contributed by atoms with E-state index in [1.54, 1.807) is 24.3 Å². The smallest absolute Gasteiger partial charge is 0.180 e. The van der Waals surface area contributed by atoms with Gasteiger partial charge >= 0.3 is 0 Å². The molecule has 0 fully saturated rings. The van der Waals surface area contributed by atoms with Crippen molar-refractivity contribution in [3.05, 3.63) is 53.6 Å². The van der Waals surface area contributed by atoms with Crippen molar-refractivity contribution in [1.29, 1.82) is 0 Å². The van der Waals surface area contributed by atoms with Crippen LogP contribution in [0.3, 0.4) is 0 Å². The Balaban J connectivity index is 2.48. The summed E-state index contributed by atoms with van der Waals surface area (Å²) in [6.45, 7) is -0.364. The maximum atomic E-state index is 12.7. The lowest BCUT2D eigenvalue weighted by molar-refractivity contribution is 0.0916. The second-order valence-electron chi connectivity index (χ2n) is 4.73. The van der Waals surface area contributed by atoms with Gasteiger partial charge in [-0.05, 0) is 5.56 Å². The van der Waals surface area contributed by atoms with E-state index >= 15 is 0 Å². The molecule has 0 bridgehead atoms. The molecule has 5 heteroatoms. The lowest BCUT2D eigenvalue weighted by Gasteiger charge is -2.17. The summed E-state index contributed by atoms with van der Waals surface area (Å²) in [4.78, 5) is 12.7. The molecule has 0 saturated carbocycles. The first-order chi connectivity index (χ1) is 10.6. The van der Waals surface area contributed by atoms with Crippen molar-refractivity contribution in [3.8, 4) is 17.2 Å². The van der Waals surface area contributed by atoms with E-state index in [2.05, 4.69) is 0 Å². The van der Waals surface area contributed by atoms with Gasteiger partial charge in [-0.3, -0.25) is 4.79 Å². The van der Waals surface area contributed by atoms with Gasteiger partial charge in [0.1, 0.15) is 22.8 Å². The van der Waals surface area contributed by atoms with Crippen LogP contribution in [0, 0.1) is 0 Å². The van der Waals surface area contributed by atoms with Gasteiger partial charge in [0.2, 0.25) is 0 Å². The minimum atomic E-state index is -0.769. The van der Waals surface area contributed by atoms with Crippen LogP contribution < -0.4 is 9.47 Å². The quantitative estimate of drug-likeness (QED) is 0.801. The standard InChI is InChI=1S/C17H18O5/c1-21-12-8-14(19)16(15(9-12)22-2)17(20)13(10-18)11-6-4-3-5-7-11/h3-9,13,18-19H,10H2,1-2H3. The molecule has 5 nitrogen and oxygen atoms in total. The summed E-state index contributed by atoms with van der Waals surface area (Å²) >= 11 is 0. The molecule has 0 aliphatic carbocycles. The molecule has 0 amide bonds. The number of hydrogen-bond donors (Lipinski definition) is 2. The molecule has 0 aliphatic rings. The van der Waals surface area contributed by atoms with Gasteiger partial charge < -0.3 is 19.7 Å². The molecule has 0 aliphatic heterocycles. The van der Waals surface area contributed by atoms with Crippen molar-refractivity contribution in [1.82, 2.24) is 0 Å². The number of Topliss-reactive ketones (excluding diaryl/α,β-unsaturated/α-hetero) is 1. The molecule has 2 aromatic carbocycles. The summed E-state index contributed by atoms with van der Waals surface area (Å²) in [6, 6.07) is 11.8. The molecule has 0 aromatic heterocycles. The maximum absolute atomic E-state index is 12.7. The molecule has 22 heavy (non-hydrogen) atoms. The molecule has 2 aromatic rings. The SMILES string of the molecule is COc1cc(O)c(C(=O)C(CO)c2ccccc2)c(OC)c1. The van der Waals surface area contributed by atoms with E-state index in [1.807, 2.05) is 6.07 Å². The third-order valence-electron chi connectivity index (χ3n) is 3.46. The fraction of sp³-hybridized carbons (Fsp3) is 0.235. The third-order valence-corrected chi connectivity index (χ3v) is 3.46. The van der Waals surface area contributed by atoms with Crippen LogP contribution in [0.25, 0.3) is 0 Å². The Morgan fingerprint density at radius 1 is 1.14 bits per heavy atom. The minimum absolute atomic E-state index is 0.0335. The summed E-state index contributed by atoms with van der Waals surface area (Å²) in [7, 11) is 2.86. The summed E-state index contributed by atoms with van der Waals surface area (Å²) in [5.74, 6) is -0.835. The number of phenolic OH excluding ortho intramolecular Hbond substituents is 1. The van der Waals surface area contributed by atoms with Crippen LogP contribution in [0.1, 0.15) is 21.8 Å². The molecule has 0 saturated heterocycles. The lowest BCUT2D eigenvalue weighted by atomic mass is 9.90. The Hall–Kier alpha value is -2.53. The van der Waals surface area contributed by atoms with E-state index in [4.69, 9.17) is 9.47 Å². The number of phenols is 1. The first kappa shape index (κ1) is 15.9. The fourth-order valence-electron chi connectivity index (χ4n) is 2.30. The Morgan fingerprint density at radius 2 is 1.82 bits per heavy atom. The molecular weight excluding hydrogens is 284 g/mol. The number of methoxy groups -OCH3 is 2. The second-order valence-corrected chi connectivity index (χ2v) is 4.73. The van der Waals surface area contributed by atoms with Crippen molar-refractivity contribution < 1.29 is 24.5 Å². The molecule has 2 N–H and O–H groups in total. The van der Waals surface area contributed by atoms with E-state index in [-0.39, 0.29) is 23.7 Å². The highest BCUT2D eigenvalue weighted by Crippen LogP contribution is 2.36. The van der Waals surface area contributed by atoms with Crippen LogP contribution in [0.4, 0.5) is 0 Å². The normalized spacial score (nSPS) is 11.8. The number of ketones is 1. The molecule has 1 unspecified atom stereocenters. The number of aliphatic hydroxyl groups excluding tert-OH is 1. The van der Waals surface area contributed by atoms with Gasteiger partial charge in [0.05, 0.1) is 26.7 Å². The maximum Gasteiger partial charge on any atom is 0.180 e. The third kappa shape index (κ3) is 3.04. The zero-order valence-corrected chi connectivity index (χ0v) is 12.4. The van der Waals surface area contributed by atoms with Gasteiger partial charge in [-0.15, -0.1) is 0 Å². The van der Waals surface area contributed by atoms with Gasteiger partial charge in [-0.25, -0.2) is 0 Å². The van der Waals surface area contributed by atoms with Gasteiger partial charge in [0.15, 0.2) is 5.78 Å². The second kappa shape index (κ2) is 6.95. The van der Waals surface area contributed by atoms with Gasteiger partial charge in [-0.2, -0.15) is 0 Å². The number of carbonyl (C=O) groups excluding carboxylic acids is 1. The number of hydrogen-bond acceptors (Lipinski definition) is 5. The molecule has 0 spiro atoms. The highest BCUT2D eigenvalue weighted by molar-refractivity contribution is 6.05. The Labute approximate surface area is 128 Å². The summed E-state index contributed by atoms with van der Waals surface area (Å²) in [6.07, 6.45) is 0. The molecule has 1 atom stereocenters. The predicted octanol–water partition coefficient (Wildman–Crippen LogP) is 2.37. The lowest BCUT2D eigenvalue weighted by Crippen LogP contribution is -2.17. The van der Waals surface area contributed by atoms with Crippen LogP contribution >= 0.6 is 0 Å². The summed E-state index contributed by atoms with van der Waals surface area (Å²) in [5, 5.41) is 19.7. The number of benzene rings is 2. The predicted molar refractivity (Wildman–Crippen MR) is 81.8 cm³/mol. The highest BCUT2D eigenvalue weighted by Gasteiger charge is 2.27. The van der Waals surface area contributed by atoms with Crippen LogP contribution in [0.5, 0.6) is 17.2 Å². The number of carbonyl (C=O) groups is 1. The van der Waals surface area contributed by atoms with Crippen LogP contribution in [-0.2, 0) is 0 Å². The molecule has 2 rings (SSSR count). The topological polar surface area (TPSA) is 76.0 Å². The van der Waals surface area contributed by atoms with Crippen molar-refractivity contribution in [2.45, 2.75) is 5.92 Å². The summed E-state index contributed by atoms with van der Waals surface area (Å²) < 4.78 is 10.2. The van der Waals surface area contributed by atoms with Gasteiger partial charge in [-0.1, -0.05) is 30.3 Å². The van der Waals surface area contributed by atoms with Crippen molar-refractivity contribution in [2.24, 2.45) is 0 Å². The average Bonchev–Trinajstić information content (AvgIpc) is 2.55. The van der Waals surface area contributed by atoms with Crippen LogP contribution in [-0.4, -0.2) is 36.8 Å². The zero-order chi connectivity index (χ0) is 16.1. The van der Waals surface area contributed by atoms with Gasteiger partial charge in [0, 0.05) is 12.1 Å². The largest absolute Gasteiger partial charge is 0.507 e. The fourth-order valence-corrected chi connectivity index (χ4v) is 2.30. The van der Waals surface area contributed by atoms with Crippen LogP contribution in [0.15, 0.2) is 42.5 Å². The Bertz CT molecular complexity index is 652.